The molecule has 0 unspecified atom stereocenters. The first-order valence-electron chi connectivity index (χ1n) is 4.65. The van der Waals surface area contributed by atoms with Crippen molar-refractivity contribution in [3.05, 3.63) is 17.2 Å². The van der Waals surface area contributed by atoms with Crippen LogP contribution in [0.2, 0.25) is 5.02 Å². The number of nitrogens with two attached hydrogens (primary N) is 1. The van der Waals surface area contributed by atoms with E-state index in [0.717, 1.165) is 6.07 Å². The molecule has 0 saturated carbocycles. The minimum atomic E-state index is -0.480. The molecular weight excluding hydrogens is 246 g/mol. The van der Waals surface area contributed by atoms with Gasteiger partial charge in [-0.25, -0.2) is 0 Å². The largest absolute Gasteiger partial charge is 0.506 e. The van der Waals surface area contributed by atoms with Gasteiger partial charge in [0.2, 0.25) is 0 Å². The molecule has 0 aliphatic heterocycles. The molecule has 0 aliphatic rings. The number of rotatable bonds is 1. The Hall–Kier alpha value is -2.08. The number of halogens is 1. The van der Waals surface area contributed by atoms with Gasteiger partial charge in [0.05, 0.1) is 16.3 Å². The van der Waals surface area contributed by atoms with Crippen LogP contribution in [0.1, 0.15) is 0 Å². The number of phenols is 3. The van der Waals surface area contributed by atoms with Crippen LogP contribution < -0.4 is 5.73 Å². The van der Waals surface area contributed by atoms with Crippen LogP contribution in [0.15, 0.2) is 12.1 Å². The van der Waals surface area contributed by atoms with Crippen molar-refractivity contribution in [2.45, 2.75) is 0 Å². The molecule has 0 saturated heterocycles. The van der Waals surface area contributed by atoms with Gasteiger partial charge in [0, 0.05) is 19.2 Å². The van der Waals surface area contributed by atoms with Crippen LogP contribution in [0.25, 0.3) is 11.3 Å². The zero-order chi connectivity index (χ0) is 12.7. The first kappa shape index (κ1) is 11.4. The Morgan fingerprint density at radius 1 is 1.24 bits per heavy atom. The number of hydrogen-bond donors (Lipinski definition) is 4. The van der Waals surface area contributed by atoms with E-state index in [2.05, 4.69) is 5.10 Å². The summed E-state index contributed by atoms with van der Waals surface area (Å²) in [6, 6.07) is 2.42. The first-order chi connectivity index (χ1) is 7.91. The van der Waals surface area contributed by atoms with Gasteiger partial charge in [-0.3, -0.25) is 4.68 Å². The molecule has 0 aliphatic carbocycles. The highest BCUT2D eigenvalue weighted by Gasteiger charge is 2.20. The lowest BCUT2D eigenvalue weighted by molar-refractivity contribution is 0.398. The van der Waals surface area contributed by atoms with Crippen LogP contribution >= 0.6 is 11.6 Å². The van der Waals surface area contributed by atoms with Crippen molar-refractivity contribution in [1.29, 1.82) is 0 Å². The van der Waals surface area contributed by atoms with Crippen molar-refractivity contribution >= 4 is 17.4 Å². The van der Waals surface area contributed by atoms with Crippen molar-refractivity contribution in [3.63, 3.8) is 0 Å². The molecule has 0 spiro atoms. The number of aromatic hydroxyl groups is 3. The van der Waals surface area contributed by atoms with Gasteiger partial charge in [0.25, 0.3) is 0 Å². The summed E-state index contributed by atoms with van der Waals surface area (Å²) in [5.74, 6) is -0.920. The molecule has 2 rings (SSSR count). The lowest BCUT2D eigenvalue weighted by Gasteiger charge is -2.07. The molecule has 0 amide bonds. The summed E-state index contributed by atoms with van der Waals surface area (Å²) in [6.07, 6.45) is 0. The van der Waals surface area contributed by atoms with Gasteiger partial charge in [-0.05, 0) is 0 Å². The highest BCUT2D eigenvalue weighted by molar-refractivity contribution is 6.35. The van der Waals surface area contributed by atoms with Gasteiger partial charge < -0.3 is 21.1 Å². The molecule has 0 atom stereocenters. The third kappa shape index (κ3) is 1.72. The molecule has 0 bridgehead atoms. The zero-order valence-electron chi connectivity index (χ0n) is 8.85. The molecule has 0 fully saturated rings. The highest BCUT2D eigenvalue weighted by Crippen LogP contribution is 2.46. The van der Waals surface area contributed by atoms with E-state index in [0.29, 0.717) is 5.82 Å². The van der Waals surface area contributed by atoms with E-state index in [1.54, 1.807) is 7.05 Å². The molecule has 17 heavy (non-hydrogen) atoms. The summed E-state index contributed by atoms with van der Waals surface area (Å²) >= 11 is 5.86. The van der Waals surface area contributed by atoms with Crippen molar-refractivity contribution in [3.8, 4) is 28.5 Å². The molecule has 1 aromatic heterocycles. The van der Waals surface area contributed by atoms with Crippen LogP contribution in [-0.2, 0) is 7.05 Å². The molecule has 6 nitrogen and oxygen atoms in total. The summed E-state index contributed by atoms with van der Waals surface area (Å²) in [5.41, 5.74) is 5.91. The summed E-state index contributed by atoms with van der Waals surface area (Å²) in [5, 5.41) is 32.5. The SMILES string of the molecule is Cn1nc(-c2c(O)c(O)cc(O)c2Cl)cc1N. The second kappa shape index (κ2) is 3.74. The average Bonchev–Trinajstić information content (AvgIpc) is 2.57. The minimum Gasteiger partial charge on any atom is -0.506 e. The summed E-state index contributed by atoms with van der Waals surface area (Å²) in [6.45, 7) is 0. The predicted octanol–water partition coefficient (Wildman–Crippen LogP) is 1.44. The van der Waals surface area contributed by atoms with Crippen LogP contribution in [0.5, 0.6) is 17.2 Å². The topological polar surface area (TPSA) is 105 Å². The maximum Gasteiger partial charge on any atom is 0.168 e. The van der Waals surface area contributed by atoms with E-state index in [-0.39, 0.29) is 22.0 Å². The molecule has 5 N–H and O–H groups in total. The summed E-state index contributed by atoms with van der Waals surface area (Å²) in [7, 11) is 1.62. The van der Waals surface area contributed by atoms with Crippen molar-refractivity contribution in [2.75, 3.05) is 5.73 Å². The first-order valence-corrected chi connectivity index (χ1v) is 5.03. The van der Waals surface area contributed by atoms with Crippen LogP contribution in [0, 0.1) is 0 Å². The Kier molecular flexibility index (Phi) is 2.51. The number of anilines is 1. The fraction of sp³-hybridized carbons (Fsp3) is 0.100. The van der Waals surface area contributed by atoms with Gasteiger partial charge in [0.15, 0.2) is 11.5 Å². The normalized spacial score (nSPS) is 10.7. The van der Waals surface area contributed by atoms with Crippen molar-refractivity contribution in [2.24, 2.45) is 7.05 Å². The van der Waals surface area contributed by atoms with Crippen molar-refractivity contribution in [1.82, 2.24) is 9.78 Å². The Balaban J connectivity index is 2.74. The molecule has 90 valence electrons. The van der Waals surface area contributed by atoms with Crippen LogP contribution in [-0.4, -0.2) is 25.1 Å². The van der Waals surface area contributed by atoms with Crippen molar-refractivity contribution < 1.29 is 15.3 Å². The van der Waals surface area contributed by atoms with Crippen LogP contribution in [0.3, 0.4) is 0 Å². The highest BCUT2D eigenvalue weighted by atomic mass is 35.5. The van der Waals surface area contributed by atoms with Gasteiger partial charge in [-0.1, -0.05) is 11.6 Å². The number of aromatic nitrogens is 2. The Labute approximate surface area is 101 Å². The number of nitrogen functional groups attached to an aromatic ring is 1. The number of hydrogen-bond acceptors (Lipinski definition) is 5. The van der Waals surface area contributed by atoms with Gasteiger partial charge >= 0.3 is 0 Å². The monoisotopic (exact) mass is 255 g/mol. The second-order valence-corrected chi connectivity index (χ2v) is 3.91. The molecular formula is C10H10ClN3O3. The number of phenolic OH excluding ortho intramolecular Hbond substituents is 3. The minimum absolute atomic E-state index is 0.0384. The molecule has 2 aromatic rings. The smallest absolute Gasteiger partial charge is 0.168 e. The quantitative estimate of drug-likeness (QED) is 0.456. The van der Waals surface area contributed by atoms with E-state index in [9.17, 15) is 15.3 Å². The number of nitrogens with zero attached hydrogens (tertiary/aromatic N) is 2. The lowest BCUT2D eigenvalue weighted by Crippen LogP contribution is -1.96. The molecule has 1 aromatic carbocycles. The molecule has 0 radical (unpaired) electrons. The number of benzene rings is 1. The average molecular weight is 256 g/mol. The predicted molar refractivity (Wildman–Crippen MR) is 63.1 cm³/mol. The van der Waals surface area contributed by atoms with E-state index < -0.39 is 11.5 Å². The van der Waals surface area contributed by atoms with E-state index in [1.165, 1.54) is 10.7 Å². The maximum absolute atomic E-state index is 9.72. The Bertz CT molecular complexity index is 549. The van der Waals surface area contributed by atoms with Gasteiger partial charge in [-0.15, -0.1) is 0 Å². The summed E-state index contributed by atoms with van der Waals surface area (Å²) < 4.78 is 1.38. The molecule has 7 heteroatoms. The Morgan fingerprint density at radius 3 is 2.41 bits per heavy atom. The molecule has 1 heterocycles. The lowest BCUT2D eigenvalue weighted by atomic mass is 10.1. The maximum atomic E-state index is 9.72. The van der Waals surface area contributed by atoms with E-state index in [1.807, 2.05) is 0 Å². The number of aryl methyl sites for hydroxylation is 1. The fourth-order valence-corrected chi connectivity index (χ4v) is 1.70. The standard InChI is InChI=1S/C10H10ClN3O3/c1-14-7(12)2-4(13-14)8-9(11)5(15)3-6(16)10(8)17/h2-3,15-17H,12H2,1H3. The second-order valence-electron chi connectivity index (χ2n) is 3.53. The van der Waals surface area contributed by atoms with E-state index >= 15 is 0 Å². The third-order valence-electron chi connectivity index (χ3n) is 2.37. The third-order valence-corrected chi connectivity index (χ3v) is 2.75. The van der Waals surface area contributed by atoms with Gasteiger partial charge in [-0.2, -0.15) is 5.10 Å². The Morgan fingerprint density at radius 2 is 1.88 bits per heavy atom. The summed E-state index contributed by atoms with van der Waals surface area (Å²) in [4.78, 5) is 0. The van der Waals surface area contributed by atoms with Gasteiger partial charge in [0.1, 0.15) is 11.6 Å². The fourth-order valence-electron chi connectivity index (χ4n) is 1.46. The van der Waals surface area contributed by atoms with E-state index in [4.69, 9.17) is 17.3 Å². The van der Waals surface area contributed by atoms with Crippen LogP contribution in [0.4, 0.5) is 5.82 Å². The zero-order valence-corrected chi connectivity index (χ0v) is 9.60.